The number of hydrogen-bond acceptors (Lipinski definition) is 2. The van der Waals surface area contributed by atoms with Crippen LogP contribution in [0.2, 0.25) is 5.02 Å². The lowest BCUT2D eigenvalue weighted by molar-refractivity contribution is 0.242. The molecule has 0 fully saturated rings. The van der Waals surface area contributed by atoms with Gasteiger partial charge in [-0.3, -0.25) is 0 Å². The van der Waals surface area contributed by atoms with Crippen LogP contribution in [0.3, 0.4) is 0 Å². The minimum atomic E-state index is 0.0815. The van der Waals surface area contributed by atoms with Crippen molar-refractivity contribution < 1.29 is 4.74 Å². The molecule has 0 radical (unpaired) electrons. The second-order valence-corrected chi connectivity index (χ2v) is 5.37. The molecule has 2 aromatic carbocycles. The molecule has 0 aliphatic carbocycles. The van der Waals surface area contributed by atoms with Crippen molar-refractivity contribution in [1.29, 1.82) is 0 Å². The molecule has 0 aromatic heterocycles. The summed E-state index contributed by atoms with van der Waals surface area (Å²) in [6.45, 7) is 2.63. The zero-order chi connectivity index (χ0) is 13.4. The molecule has 3 rings (SSSR count). The van der Waals surface area contributed by atoms with Crippen LogP contribution in [0.1, 0.15) is 11.1 Å². The Balaban J connectivity index is 2.16. The van der Waals surface area contributed by atoms with E-state index in [1.807, 2.05) is 24.3 Å². The van der Waals surface area contributed by atoms with Gasteiger partial charge in [-0.15, -0.1) is 0 Å². The van der Waals surface area contributed by atoms with E-state index < -0.39 is 0 Å². The Hall–Kier alpha value is -1.51. The van der Waals surface area contributed by atoms with Crippen LogP contribution >= 0.6 is 11.6 Å². The smallest absolute Gasteiger partial charge is 0.131 e. The van der Waals surface area contributed by atoms with Crippen LogP contribution in [0.5, 0.6) is 5.75 Å². The van der Waals surface area contributed by atoms with E-state index in [4.69, 9.17) is 22.1 Å². The Morgan fingerprint density at radius 1 is 1.26 bits per heavy atom. The van der Waals surface area contributed by atoms with Crippen molar-refractivity contribution in [2.24, 2.45) is 5.73 Å². The van der Waals surface area contributed by atoms with E-state index in [9.17, 15) is 0 Å². The van der Waals surface area contributed by atoms with E-state index in [0.29, 0.717) is 6.54 Å². The molecule has 2 N–H and O–H groups in total. The highest BCUT2D eigenvalue weighted by atomic mass is 35.5. The first kappa shape index (κ1) is 12.5. The Bertz CT molecular complexity index is 624. The maximum absolute atomic E-state index is 6.30. The molecule has 0 bridgehead atoms. The van der Waals surface area contributed by atoms with Gasteiger partial charge in [-0.1, -0.05) is 35.9 Å². The van der Waals surface area contributed by atoms with Crippen molar-refractivity contribution >= 4 is 11.6 Å². The normalized spacial score (nSPS) is 17.1. The Labute approximate surface area is 118 Å². The van der Waals surface area contributed by atoms with Gasteiger partial charge in [0.1, 0.15) is 11.9 Å². The number of halogens is 1. The highest BCUT2D eigenvalue weighted by Crippen LogP contribution is 2.41. The third-order valence-corrected chi connectivity index (χ3v) is 3.80. The van der Waals surface area contributed by atoms with Crippen LogP contribution in [0.25, 0.3) is 11.1 Å². The molecule has 0 saturated heterocycles. The SMILES string of the molecule is Cc1cc2c(c(-c3ccccc3Cl)c1)O[C@@H](CN)C2. The topological polar surface area (TPSA) is 35.2 Å². The molecule has 2 nitrogen and oxygen atoms in total. The fraction of sp³-hybridized carbons (Fsp3) is 0.250. The van der Waals surface area contributed by atoms with Gasteiger partial charge in [0.25, 0.3) is 0 Å². The van der Waals surface area contributed by atoms with Crippen LogP contribution in [0.4, 0.5) is 0 Å². The molecule has 0 amide bonds. The highest BCUT2D eigenvalue weighted by Gasteiger charge is 2.25. The van der Waals surface area contributed by atoms with Gasteiger partial charge in [-0.25, -0.2) is 0 Å². The van der Waals surface area contributed by atoms with Crippen molar-refractivity contribution in [3.8, 4) is 16.9 Å². The number of fused-ring (bicyclic) bond motifs is 1. The first-order valence-corrected chi connectivity index (χ1v) is 6.82. The minimum Gasteiger partial charge on any atom is -0.488 e. The fourth-order valence-corrected chi connectivity index (χ4v) is 2.84. The van der Waals surface area contributed by atoms with Gasteiger partial charge in [-0.05, 0) is 30.2 Å². The minimum absolute atomic E-state index is 0.0815. The summed E-state index contributed by atoms with van der Waals surface area (Å²) in [6, 6.07) is 12.2. The molecule has 98 valence electrons. The van der Waals surface area contributed by atoms with Crippen molar-refractivity contribution in [3.63, 3.8) is 0 Å². The van der Waals surface area contributed by atoms with Crippen molar-refractivity contribution in [2.45, 2.75) is 19.4 Å². The maximum atomic E-state index is 6.30. The molecule has 19 heavy (non-hydrogen) atoms. The third-order valence-electron chi connectivity index (χ3n) is 3.47. The van der Waals surface area contributed by atoms with Crippen LogP contribution in [0.15, 0.2) is 36.4 Å². The predicted molar refractivity (Wildman–Crippen MR) is 78.8 cm³/mol. The quantitative estimate of drug-likeness (QED) is 0.908. The molecular weight excluding hydrogens is 258 g/mol. The van der Waals surface area contributed by atoms with E-state index in [-0.39, 0.29) is 6.10 Å². The Kier molecular flexibility index (Phi) is 3.21. The molecule has 3 heteroatoms. The van der Waals surface area contributed by atoms with Gasteiger partial charge in [0, 0.05) is 29.1 Å². The van der Waals surface area contributed by atoms with Gasteiger partial charge in [-0.2, -0.15) is 0 Å². The zero-order valence-electron chi connectivity index (χ0n) is 10.8. The van der Waals surface area contributed by atoms with Gasteiger partial charge in [0.05, 0.1) is 0 Å². The molecule has 0 unspecified atom stereocenters. The molecule has 1 aliphatic rings. The number of hydrogen-bond donors (Lipinski definition) is 1. The average Bonchev–Trinajstić information content (AvgIpc) is 2.81. The predicted octanol–water partition coefficient (Wildman–Crippen LogP) is 3.58. The maximum Gasteiger partial charge on any atom is 0.131 e. The molecule has 0 saturated carbocycles. The van der Waals surface area contributed by atoms with E-state index in [1.165, 1.54) is 11.1 Å². The lowest BCUT2D eigenvalue weighted by Gasteiger charge is -2.12. The number of aryl methyl sites for hydroxylation is 1. The number of benzene rings is 2. The summed E-state index contributed by atoms with van der Waals surface area (Å²) in [5, 5.41) is 0.745. The summed E-state index contributed by atoms with van der Waals surface area (Å²) in [5.74, 6) is 0.939. The van der Waals surface area contributed by atoms with E-state index in [2.05, 4.69) is 19.1 Å². The number of ether oxygens (including phenoxy) is 1. The first-order chi connectivity index (χ1) is 9.19. The van der Waals surface area contributed by atoms with Crippen LogP contribution in [-0.2, 0) is 6.42 Å². The summed E-state index contributed by atoms with van der Waals surface area (Å²) in [5.41, 5.74) is 10.2. The van der Waals surface area contributed by atoms with Crippen LogP contribution in [-0.4, -0.2) is 12.6 Å². The second-order valence-electron chi connectivity index (χ2n) is 4.96. The van der Waals surface area contributed by atoms with Crippen molar-refractivity contribution in [1.82, 2.24) is 0 Å². The number of nitrogens with two attached hydrogens (primary N) is 1. The lowest BCUT2D eigenvalue weighted by Crippen LogP contribution is -2.24. The molecule has 1 heterocycles. The molecule has 1 atom stereocenters. The number of rotatable bonds is 2. The van der Waals surface area contributed by atoms with E-state index in [0.717, 1.165) is 28.3 Å². The van der Waals surface area contributed by atoms with Crippen molar-refractivity contribution in [2.75, 3.05) is 6.54 Å². The summed E-state index contributed by atoms with van der Waals surface area (Å²) >= 11 is 6.30. The van der Waals surface area contributed by atoms with Crippen LogP contribution in [0, 0.1) is 6.92 Å². The first-order valence-electron chi connectivity index (χ1n) is 6.44. The summed E-state index contributed by atoms with van der Waals surface area (Å²) < 4.78 is 5.97. The zero-order valence-corrected chi connectivity index (χ0v) is 11.6. The van der Waals surface area contributed by atoms with Crippen LogP contribution < -0.4 is 10.5 Å². The van der Waals surface area contributed by atoms with Crippen molar-refractivity contribution in [3.05, 3.63) is 52.5 Å². The molecule has 2 aromatic rings. The largest absolute Gasteiger partial charge is 0.488 e. The van der Waals surface area contributed by atoms with Gasteiger partial charge in [0.15, 0.2) is 0 Å². The molecule has 1 aliphatic heterocycles. The van der Waals surface area contributed by atoms with Gasteiger partial charge < -0.3 is 10.5 Å². The summed E-state index contributed by atoms with van der Waals surface area (Å²) in [7, 11) is 0. The lowest BCUT2D eigenvalue weighted by atomic mass is 9.98. The van der Waals surface area contributed by atoms with E-state index in [1.54, 1.807) is 0 Å². The molecular formula is C16H16ClNO. The van der Waals surface area contributed by atoms with Gasteiger partial charge >= 0.3 is 0 Å². The summed E-state index contributed by atoms with van der Waals surface area (Å²) in [6.07, 6.45) is 0.961. The molecule has 0 spiro atoms. The Morgan fingerprint density at radius 2 is 2.05 bits per heavy atom. The fourth-order valence-electron chi connectivity index (χ4n) is 2.60. The van der Waals surface area contributed by atoms with E-state index >= 15 is 0 Å². The second kappa shape index (κ2) is 4.87. The summed E-state index contributed by atoms with van der Waals surface area (Å²) in [4.78, 5) is 0. The standard InChI is InChI=1S/C16H16ClNO/c1-10-6-11-8-12(9-18)19-16(11)14(7-10)13-4-2-3-5-15(13)17/h2-7,12H,8-9,18H2,1H3/t12-/m1/s1. The monoisotopic (exact) mass is 273 g/mol. The Morgan fingerprint density at radius 3 is 2.79 bits per heavy atom. The third kappa shape index (κ3) is 2.22. The highest BCUT2D eigenvalue weighted by molar-refractivity contribution is 6.33. The average molecular weight is 274 g/mol. The van der Waals surface area contributed by atoms with Gasteiger partial charge in [0.2, 0.25) is 0 Å².